The lowest BCUT2D eigenvalue weighted by Gasteiger charge is -2.27. The summed E-state index contributed by atoms with van der Waals surface area (Å²) in [6.45, 7) is 3.74. The number of nitrogens with one attached hydrogen (secondary N) is 1. The summed E-state index contributed by atoms with van der Waals surface area (Å²) in [5.74, 6) is -1.45. The quantitative estimate of drug-likeness (QED) is 0.825. The molecule has 0 saturated heterocycles. The van der Waals surface area contributed by atoms with E-state index in [0.29, 0.717) is 24.5 Å². The molecule has 0 bridgehead atoms. The standard InChI is InChI=1S/C13H20F2N2O/c1-2-16-7-5-12-17-9-11(18-12)10-4-3-6-13(14,15)8-10/h9-10,16H,2-8H2,1H3. The van der Waals surface area contributed by atoms with E-state index in [9.17, 15) is 8.78 Å². The number of hydrogen-bond donors (Lipinski definition) is 1. The van der Waals surface area contributed by atoms with Crippen molar-refractivity contribution in [3.05, 3.63) is 17.8 Å². The highest BCUT2D eigenvalue weighted by Gasteiger charge is 2.38. The van der Waals surface area contributed by atoms with Crippen LogP contribution in [-0.4, -0.2) is 24.0 Å². The van der Waals surface area contributed by atoms with Crippen LogP contribution in [0.5, 0.6) is 0 Å². The molecule has 0 radical (unpaired) electrons. The number of halogens is 2. The highest BCUT2D eigenvalue weighted by Crippen LogP contribution is 2.41. The first-order valence-electron chi connectivity index (χ1n) is 6.64. The van der Waals surface area contributed by atoms with E-state index in [4.69, 9.17) is 4.42 Å². The number of alkyl halides is 2. The maximum absolute atomic E-state index is 13.3. The summed E-state index contributed by atoms with van der Waals surface area (Å²) in [7, 11) is 0. The minimum absolute atomic E-state index is 0.00488. The molecular weight excluding hydrogens is 238 g/mol. The van der Waals surface area contributed by atoms with E-state index in [1.54, 1.807) is 6.20 Å². The van der Waals surface area contributed by atoms with Crippen molar-refractivity contribution in [2.24, 2.45) is 0 Å². The minimum atomic E-state index is -2.54. The molecule has 1 heterocycles. The molecule has 18 heavy (non-hydrogen) atoms. The van der Waals surface area contributed by atoms with Crippen molar-refractivity contribution >= 4 is 0 Å². The molecule has 0 spiro atoms. The van der Waals surface area contributed by atoms with Gasteiger partial charge in [0.1, 0.15) is 5.76 Å². The molecule has 102 valence electrons. The molecular formula is C13H20F2N2O. The molecule has 1 unspecified atom stereocenters. The van der Waals surface area contributed by atoms with Crippen molar-refractivity contribution in [1.82, 2.24) is 10.3 Å². The van der Waals surface area contributed by atoms with Crippen molar-refractivity contribution in [2.75, 3.05) is 13.1 Å². The summed E-state index contributed by atoms with van der Waals surface area (Å²) >= 11 is 0. The van der Waals surface area contributed by atoms with Gasteiger partial charge in [0.2, 0.25) is 5.92 Å². The Labute approximate surface area is 106 Å². The second kappa shape index (κ2) is 5.78. The highest BCUT2D eigenvalue weighted by molar-refractivity contribution is 5.05. The molecule has 1 saturated carbocycles. The molecule has 3 nitrogen and oxygen atoms in total. The van der Waals surface area contributed by atoms with Crippen LogP contribution in [0.2, 0.25) is 0 Å². The molecule has 1 fully saturated rings. The van der Waals surface area contributed by atoms with Gasteiger partial charge in [0, 0.05) is 31.7 Å². The van der Waals surface area contributed by atoms with Crippen LogP contribution in [0.15, 0.2) is 10.6 Å². The zero-order valence-electron chi connectivity index (χ0n) is 10.7. The highest BCUT2D eigenvalue weighted by atomic mass is 19.3. The molecule has 0 amide bonds. The van der Waals surface area contributed by atoms with E-state index in [1.165, 1.54) is 0 Å². The van der Waals surface area contributed by atoms with Gasteiger partial charge in [0.15, 0.2) is 5.89 Å². The molecule has 1 aromatic heterocycles. The fraction of sp³-hybridized carbons (Fsp3) is 0.769. The van der Waals surface area contributed by atoms with Crippen LogP contribution in [0.4, 0.5) is 8.78 Å². The number of aromatic nitrogens is 1. The van der Waals surface area contributed by atoms with Crippen molar-refractivity contribution in [1.29, 1.82) is 0 Å². The number of hydrogen-bond acceptors (Lipinski definition) is 3. The van der Waals surface area contributed by atoms with Gasteiger partial charge in [-0.3, -0.25) is 0 Å². The van der Waals surface area contributed by atoms with Gasteiger partial charge in [0.25, 0.3) is 0 Å². The Morgan fingerprint density at radius 1 is 1.56 bits per heavy atom. The van der Waals surface area contributed by atoms with Crippen LogP contribution in [0, 0.1) is 0 Å². The van der Waals surface area contributed by atoms with Crippen molar-refractivity contribution in [2.45, 2.75) is 50.9 Å². The van der Waals surface area contributed by atoms with E-state index in [1.807, 2.05) is 6.92 Å². The zero-order valence-corrected chi connectivity index (χ0v) is 10.7. The SMILES string of the molecule is CCNCCc1ncc(C2CCCC(F)(F)C2)o1. The zero-order chi connectivity index (χ0) is 13.0. The molecule has 1 aromatic rings. The predicted octanol–water partition coefficient (Wildman–Crippen LogP) is 3.12. The van der Waals surface area contributed by atoms with Crippen molar-refractivity contribution in [3.8, 4) is 0 Å². The van der Waals surface area contributed by atoms with Gasteiger partial charge in [-0.25, -0.2) is 13.8 Å². The fourth-order valence-electron chi connectivity index (χ4n) is 2.42. The normalized spacial score (nSPS) is 23.2. The first-order chi connectivity index (χ1) is 8.61. The van der Waals surface area contributed by atoms with Crippen LogP contribution in [-0.2, 0) is 6.42 Å². The largest absolute Gasteiger partial charge is 0.445 e. The summed E-state index contributed by atoms with van der Waals surface area (Å²) in [6.07, 6.45) is 3.56. The first-order valence-corrected chi connectivity index (χ1v) is 6.64. The monoisotopic (exact) mass is 258 g/mol. The number of oxazole rings is 1. The summed E-state index contributed by atoms with van der Waals surface area (Å²) in [6, 6.07) is 0. The number of nitrogens with zero attached hydrogens (tertiary/aromatic N) is 1. The van der Waals surface area contributed by atoms with E-state index in [-0.39, 0.29) is 18.8 Å². The van der Waals surface area contributed by atoms with Crippen LogP contribution in [0.25, 0.3) is 0 Å². The van der Waals surface area contributed by atoms with Gasteiger partial charge in [-0.2, -0.15) is 0 Å². The Morgan fingerprint density at radius 3 is 3.11 bits per heavy atom. The van der Waals surface area contributed by atoms with Gasteiger partial charge in [-0.1, -0.05) is 6.92 Å². The minimum Gasteiger partial charge on any atom is -0.445 e. The second-order valence-electron chi connectivity index (χ2n) is 4.91. The second-order valence-corrected chi connectivity index (χ2v) is 4.91. The van der Waals surface area contributed by atoms with Crippen LogP contribution in [0.1, 0.15) is 50.2 Å². The third kappa shape index (κ3) is 3.51. The van der Waals surface area contributed by atoms with Gasteiger partial charge in [-0.15, -0.1) is 0 Å². The van der Waals surface area contributed by atoms with Gasteiger partial charge >= 0.3 is 0 Å². The summed E-state index contributed by atoms with van der Waals surface area (Å²) < 4.78 is 32.2. The van der Waals surface area contributed by atoms with Crippen molar-refractivity contribution < 1.29 is 13.2 Å². The Balaban J connectivity index is 1.92. The summed E-state index contributed by atoms with van der Waals surface area (Å²) in [5.41, 5.74) is 0. The lowest BCUT2D eigenvalue weighted by Crippen LogP contribution is -2.24. The van der Waals surface area contributed by atoms with Crippen LogP contribution in [0.3, 0.4) is 0 Å². The molecule has 1 aliphatic rings. The average molecular weight is 258 g/mol. The van der Waals surface area contributed by atoms with Gasteiger partial charge in [0.05, 0.1) is 6.20 Å². The maximum Gasteiger partial charge on any atom is 0.248 e. The Morgan fingerprint density at radius 2 is 2.39 bits per heavy atom. The molecule has 1 N–H and O–H groups in total. The number of rotatable bonds is 5. The third-order valence-electron chi connectivity index (χ3n) is 3.38. The van der Waals surface area contributed by atoms with Crippen LogP contribution < -0.4 is 5.32 Å². The smallest absolute Gasteiger partial charge is 0.248 e. The van der Waals surface area contributed by atoms with Crippen LogP contribution >= 0.6 is 0 Å². The van der Waals surface area contributed by atoms with Gasteiger partial charge in [-0.05, 0) is 19.4 Å². The molecule has 5 heteroatoms. The Kier molecular flexibility index (Phi) is 4.32. The summed E-state index contributed by atoms with van der Waals surface area (Å²) in [4.78, 5) is 4.16. The van der Waals surface area contributed by atoms with E-state index >= 15 is 0 Å². The molecule has 1 atom stereocenters. The Hall–Kier alpha value is -0.970. The predicted molar refractivity (Wildman–Crippen MR) is 64.9 cm³/mol. The molecule has 0 aliphatic heterocycles. The molecule has 0 aromatic carbocycles. The Bertz CT molecular complexity index is 379. The average Bonchev–Trinajstić information content (AvgIpc) is 2.77. The third-order valence-corrected chi connectivity index (χ3v) is 3.38. The van der Waals surface area contributed by atoms with E-state index in [0.717, 1.165) is 19.5 Å². The summed E-state index contributed by atoms with van der Waals surface area (Å²) in [5, 5.41) is 3.18. The lowest BCUT2D eigenvalue weighted by molar-refractivity contribution is -0.0430. The lowest BCUT2D eigenvalue weighted by atomic mass is 9.85. The topological polar surface area (TPSA) is 38.1 Å². The van der Waals surface area contributed by atoms with Gasteiger partial charge < -0.3 is 9.73 Å². The number of likely N-dealkylation sites (N-methyl/N-ethyl adjacent to an activating group) is 1. The van der Waals surface area contributed by atoms with E-state index in [2.05, 4.69) is 10.3 Å². The first kappa shape index (κ1) is 13.5. The fourth-order valence-corrected chi connectivity index (χ4v) is 2.42. The van der Waals surface area contributed by atoms with E-state index < -0.39 is 5.92 Å². The molecule has 1 aliphatic carbocycles. The van der Waals surface area contributed by atoms with Crippen molar-refractivity contribution in [3.63, 3.8) is 0 Å². The molecule has 2 rings (SSSR count). The maximum atomic E-state index is 13.3.